The molecule has 0 amide bonds. The van der Waals surface area contributed by atoms with Gasteiger partial charge >= 0.3 is 0 Å². The number of hydrogen-bond donors (Lipinski definition) is 1. The quantitative estimate of drug-likeness (QED) is 0.809. The smallest absolute Gasteiger partial charge is 0.0652 e. The summed E-state index contributed by atoms with van der Waals surface area (Å²) in [7, 11) is 0. The number of thiophene rings is 1. The highest BCUT2D eigenvalue weighted by Gasteiger charge is 2.04. The van der Waals surface area contributed by atoms with Crippen LogP contribution >= 0.6 is 34.5 Å². The third-order valence-corrected chi connectivity index (χ3v) is 4.10. The molecular formula is C13H13Cl2NS. The van der Waals surface area contributed by atoms with Gasteiger partial charge in [-0.2, -0.15) is 0 Å². The molecule has 90 valence electrons. The predicted octanol–water partition coefficient (Wildman–Crippen LogP) is 5.28. The summed E-state index contributed by atoms with van der Waals surface area (Å²) in [6.07, 6.45) is 0. The minimum Gasteiger partial charge on any atom is -0.380 e. The van der Waals surface area contributed by atoms with Gasteiger partial charge in [0.2, 0.25) is 0 Å². The first-order chi connectivity index (χ1) is 8.06. The number of aryl methyl sites for hydroxylation is 2. The molecule has 1 heterocycles. The van der Waals surface area contributed by atoms with Crippen LogP contribution in [0.1, 0.15) is 15.3 Å². The minimum absolute atomic E-state index is 0.655. The van der Waals surface area contributed by atoms with Gasteiger partial charge in [-0.3, -0.25) is 0 Å². The van der Waals surface area contributed by atoms with Crippen molar-refractivity contribution in [1.29, 1.82) is 0 Å². The van der Waals surface area contributed by atoms with Crippen LogP contribution in [0.15, 0.2) is 24.3 Å². The molecule has 0 aliphatic rings. The first kappa shape index (κ1) is 12.7. The third kappa shape index (κ3) is 3.15. The average Bonchev–Trinajstić information content (AvgIpc) is 2.56. The molecule has 1 N–H and O–H groups in total. The predicted molar refractivity (Wildman–Crippen MR) is 77.6 cm³/mol. The molecule has 1 aromatic heterocycles. The largest absolute Gasteiger partial charge is 0.380 e. The van der Waals surface area contributed by atoms with E-state index in [-0.39, 0.29) is 0 Å². The van der Waals surface area contributed by atoms with Crippen LogP contribution in [0.25, 0.3) is 0 Å². The molecule has 1 aromatic carbocycles. The first-order valence-corrected chi connectivity index (χ1v) is 6.88. The lowest BCUT2D eigenvalue weighted by atomic mass is 10.2. The molecule has 4 heteroatoms. The molecule has 0 bridgehead atoms. The Morgan fingerprint density at radius 1 is 1.18 bits per heavy atom. The topological polar surface area (TPSA) is 12.0 Å². The van der Waals surface area contributed by atoms with E-state index in [2.05, 4.69) is 25.2 Å². The molecule has 17 heavy (non-hydrogen) atoms. The van der Waals surface area contributed by atoms with Crippen molar-refractivity contribution in [3.05, 3.63) is 49.6 Å². The van der Waals surface area contributed by atoms with Gasteiger partial charge in [0.1, 0.15) is 0 Å². The van der Waals surface area contributed by atoms with Crippen LogP contribution in [0.5, 0.6) is 0 Å². The van der Waals surface area contributed by atoms with E-state index >= 15 is 0 Å². The van der Waals surface area contributed by atoms with Crippen molar-refractivity contribution in [2.75, 3.05) is 5.32 Å². The highest BCUT2D eigenvalue weighted by Crippen LogP contribution is 2.27. The summed E-state index contributed by atoms with van der Waals surface area (Å²) < 4.78 is 0. The molecule has 0 atom stereocenters. The monoisotopic (exact) mass is 285 g/mol. The van der Waals surface area contributed by atoms with Gasteiger partial charge in [-0.15, -0.1) is 11.3 Å². The highest BCUT2D eigenvalue weighted by atomic mass is 35.5. The summed E-state index contributed by atoms with van der Waals surface area (Å²) >= 11 is 13.8. The summed E-state index contributed by atoms with van der Waals surface area (Å²) in [6.45, 7) is 5.05. The number of nitrogens with one attached hydrogen (secondary N) is 1. The molecular weight excluding hydrogens is 273 g/mol. The van der Waals surface area contributed by atoms with Crippen LogP contribution in [-0.2, 0) is 6.54 Å². The Morgan fingerprint density at radius 3 is 2.53 bits per heavy atom. The number of rotatable bonds is 3. The van der Waals surface area contributed by atoms with Crippen molar-refractivity contribution in [3.63, 3.8) is 0 Å². The molecule has 0 radical (unpaired) electrons. The molecule has 0 unspecified atom stereocenters. The second kappa shape index (κ2) is 5.30. The molecule has 0 saturated heterocycles. The van der Waals surface area contributed by atoms with Crippen molar-refractivity contribution >= 4 is 40.2 Å². The van der Waals surface area contributed by atoms with Crippen molar-refractivity contribution in [2.45, 2.75) is 20.4 Å². The Bertz CT molecular complexity index is 534. The van der Waals surface area contributed by atoms with Gasteiger partial charge in [0.05, 0.1) is 10.7 Å². The fourth-order valence-corrected chi connectivity index (χ4v) is 3.10. The third-order valence-electron chi connectivity index (χ3n) is 2.54. The van der Waals surface area contributed by atoms with Gasteiger partial charge in [-0.25, -0.2) is 0 Å². The lowest BCUT2D eigenvalue weighted by Crippen LogP contribution is -1.99. The Hall–Kier alpha value is -0.700. The van der Waals surface area contributed by atoms with E-state index in [1.54, 1.807) is 6.07 Å². The molecule has 0 fully saturated rings. The summed E-state index contributed by atoms with van der Waals surface area (Å²) in [6, 6.07) is 7.69. The lowest BCUT2D eigenvalue weighted by molar-refractivity contribution is 1.14. The molecule has 2 rings (SSSR count). The van der Waals surface area contributed by atoms with E-state index < -0.39 is 0 Å². The van der Waals surface area contributed by atoms with Crippen LogP contribution in [-0.4, -0.2) is 0 Å². The zero-order valence-corrected chi connectivity index (χ0v) is 12.0. The van der Waals surface area contributed by atoms with Crippen LogP contribution < -0.4 is 5.32 Å². The van der Waals surface area contributed by atoms with Crippen LogP contribution in [0.4, 0.5) is 5.69 Å². The maximum atomic E-state index is 6.10. The Labute approximate surface area is 115 Å². The van der Waals surface area contributed by atoms with Crippen molar-refractivity contribution in [1.82, 2.24) is 0 Å². The van der Waals surface area contributed by atoms with Gasteiger partial charge in [0, 0.05) is 21.3 Å². The fraction of sp³-hybridized carbons (Fsp3) is 0.231. The highest BCUT2D eigenvalue weighted by molar-refractivity contribution is 7.12. The van der Waals surface area contributed by atoms with E-state index in [0.29, 0.717) is 10.0 Å². The van der Waals surface area contributed by atoms with Crippen LogP contribution in [0.3, 0.4) is 0 Å². The van der Waals surface area contributed by atoms with Crippen molar-refractivity contribution in [2.24, 2.45) is 0 Å². The van der Waals surface area contributed by atoms with Gasteiger partial charge in [0.15, 0.2) is 0 Å². The summed E-state index contributed by atoms with van der Waals surface area (Å²) in [4.78, 5) is 2.68. The van der Waals surface area contributed by atoms with E-state index in [9.17, 15) is 0 Å². The first-order valence-electron chi connectivity index (χ1n) is 5.31. The summed E-state index contributed by atoms with van der Waals surface area (Å²) in [5.74, 6) is 0. The second-order valence-corrected chi connectivity index (χ2v) is 6.22. The molecule has 0 aliphatic carbocycles. The molecule has 0 aliphatic heterocycles. The number of anilines is 1. The maximum absolute atomic E-state index is 6.10. The van der Waals surface area contributed by atoms with Crippen LogP contribution in [0.2, 0.25) is 10.0 Å². The molecule has 0 saturated carbocycles. The average molecular weight is 286 g/mol. The van der Waals surface area contributed by atoms with Gasteiger partial charge in [-0.05, 0) is 43.7 Å². The normalized spacial score (nSPS) is 10.6. The Kier molecular flexibility index (Phi) is 3.97. The minimum atomic E-state index is 0.655. The van der Waals surface area contributed by atoms with E-state index in [0.717, 1.165) is 12.2 Å². The van der Waals surface area contributed by atoms with Crippen molar-refractivity contribution in [3.8, 4) is 0 Å². The van der Waals surface area contributed by atoms with Gasteiger partial charge in [-0.1, -0.05) is 23.2 Å². The summed E-state index contributed by atoms with van der Waals surface area (Å²) in [5, 5.41) is 4.64. The zero-order valence-electron chi connectivity index (χ0n) is 9.68. The number of benzene rings is 1. The SMILES string of the molecule is Cc1cc(CNc2ccc(Cl)cc2Cl)c(C)s1. The Morgan fingerprint density at radius 2 is 1.94 bits per heavy atom. The lowest BCUT2D eigenvalue weighted by Gasteiger charge is -2.08. The molecule has 0 spiro atoms. The van der Waals surface area contributed by atoms with E-state index in [1.165, 1.54) is 15.3 Å². The summed E-state index contributed by atoms with van der Waals surface area (Å²) in [5.41, 5.74) is 2.23. The zero-order chi connectivity index (χ0) is 12.4. The van der Waals surface area contributed by atoms with Crippen molar-refractivity contribution < 1.29 is 0 Å². The van der Waals surface area contributed by atoms with Gasteiger partial charge < -0.3 is 5.32 Å². The second-order valence-electron chi connectivity index (χ2n) is 3.92. The fourth-order valence-electron chi connectivity index (χ4n) is 1.68. The van der Waals surface area contributed by atoms with E-state index in [1.807, 2.05) is 23.5 Å². The number of halogens is 2. The van der Waals surface area contributed by atoms with Gasteiger partial charge in [0.25, 0.3) is 0 Å². The molecule has 1 nitrogen and oxygen atoms in total. The maximum Gasteiger partial charge on any atom is 0.0652 e. The van der Waals surface area contributed by atoms with Crippen LogP contribution in [0, 0.1) is 13.8 Å². The number of hydrogen-bond acceptors (Lipinski definition) is 2. The standard InChI is InChI=1S/C13H13Cl2NS/c1-8-5-10(9(2)17-8)7-16-13-4-3-11(14)6-12(13)15/h3-6,16H,7H2,1-2H3. The Balaban J connectivity index is 2.10. The molecule has 2 aromatic rings. The van der Waals surface area contributed by atoms with E-state index in [4.69, 9.17) is 23.2 Å².